The molecule has 2 amide bonds. The third-order valence-electron chi connectivity index (χ3n) is 5.05. The second-order valence-corrected chi connectivity index (χ2v) is 7.56. The van der Waals surface area contributed by atoms with Gasteiger partial charge in [-0.15, -0.1) is 0 Å². The molecule has 0 aliphatic carbocycles. The molecule has 0 unspecified atom stereocenters. The Balaban J connectivity index is 2.14. The molecule has 0 radical (unpaired) electrons. The molecule has 0 aromatic heterocycles. The van der Waals surface area contributed by atoms with Gasteiger partial charge in [-0.25, -0.2) is 0 Å². The van der Waals surface area contributed by atoms with Gasteiger partial charge in [-0.05, 0) is 51.3 Å². The average Bonchev–Trinajstić information content (AvgIpc) is 2.71. The van der Waals surface area contributed by atoms with Crippen molar-refractivity contribution in [3.05, 3.63) is 65.2 Å². The molecular weight excluding hydrogens is 364 g/mol. The highest BCUT2D eigenvalue weighted by atomic mass is 16.5. The van der Waals surface area contributed by atoms with Crippen LogP contribution in [-0.4, -0.2) is 35.4 Å². The Bertz CT molecular complexity index is 820. The number of aryl methyl sites for hydroxylation is 2. The van der Waals surface area contributed by atoms with Crippen LogP contribution in [0.3, 0.4) is 0 Å². The van der Waals surface area contributed by atoms with E-state index < -0.39 is 6.04 Å². The number of carbonyl (C=O) groups excluding carboxylic acids is 2. The molecule has 0 aliphatic rings. The van der Waals surface area contributed by atoms with Gasteiger partial charge in [0.05, 0.1) is 0 Å². The fourth-order valence-corrected chi connectivity index (χ4v) is 3.01. The number of nitrogens with zero attached hydrogens (tertiary/aromatic N) is 1. The number of hydrogen-bond acceptors (Lipinski definition) is 3. The van der Waals surface area contributed by atoms with Crippen molar-refractivity contribution in [1.29, 1.82) is 0 Å². The molecule has 5 nitrogen and oxygen atoms in total. The fraction of sp³-hybridized carbons (Fsp3) is 0.417. The summed E-state index contributed by atoms with van der Waals surface area (Å²) in [4.78, 5) is 27.3. The highest BCUT2D eigenvalue weighted by Gasteiger charge is 2.27. The molecule has 5 heteroatoms. The van der Waals surface area contributed by atoms with Crippen molar-refractivity contribution in [2.75, 3.05) is 6.61 Å². The Morgan fingerprint density at radius 3 is 2.38 bits per heavy atom. The van der Waals surface area contributed by atoms with Gasteiger partial charge in [0.1, 0.15) is 11.8 Å². The summed E-state index contributed by atoms with van der Waals surface area (Å²) in [7, 11) is 0. The summed E-state index contributed by atoms with van der Waals surface area (Å²) >= 11 is 0. The minimum absolute atomic E-state index is 0.0603. The van der Waals surface area contributed by atoms with E-state index in [0.29, 0.717) is 12.3 Å². The second kappa shape index (κ2) is 10.6. The van der Waals surface area contributed by atoms with Crippen LogP contribution in [0.4, 0.5) is 0 Å². The Morgan fingerprint density at radius 1 is 1.07 bits per heavy atom. The summed E-state index contributed by atoms with van der Waals surface area (Å²) in [5.74, 6) is 0.302. The van der Waals surface area contributed by atoms with Crippen LogP contribution in [-0.2, 0) is 16.1 Å². The van der Waals surface area contributed by atoms with E-state index in [-0.39, 0.29) is 24.5 Å². The molecular formula is C24H32N2O3. The Morgan fingerprint density at radius 2 is 1.76 bits per heavy atom. The first-order chi connectivity index (χ1) is 13.8. The molecule has 0 bridgehead atoms. The van der Waals surface area contributed by atoms with Crippen LogP contribution < -0.4 is 10.1 Å². The number of benzene rings is 2. The van der Waals surface area contributed by atoms with Gasteiger partial charge in [-0.1, -0.05) is 55.0 Å². The van der Waals surface area contributed by atoms with Crippen LogP contribution in [0.25, 0.3) is 0 Å². The molecule has 156 valence electrons. The quantitative estimate of drug-likeness (QED) is 0.697. The standard InChI is InChI=1S/C24H32N2O3/c1-6-19(4)25-24(28)20(5)26(15-21-10-8-7-9-11-21)23(27)16-29-22-13-12-17(2)14-18(22)3/h7-14,19-20H,6,15-16H2,1-5H3,(H,25,28)/t19-,20-/m1/s1. The molecule has 0 fully saturated rings. The van der Waals surface area contributed by atoms with E-state index in [1.54, 1.807) is 11.8 Å². The molecule has 2 atom stereocenters. The fourth-order valence-electron chi connectivity index (χ4n) is 3.01. The number of nitrogens with one attached hydrogen (secondary N) is 1. The van der Waals surface area contributed by atoms with E-state index in [1.165, 1.54) is 0 Å². The summed E-state index contributed by atoms with van der Waals surface area (Å²) in [6, 6.07) is 15.0. The van der Waals surface area contributed by atoms with Crippen molar-refractivity contribution < 1.29 is 14.3 Å². The van der Waals surface area contributed by atoms with Crippen molar-refractivity contribution in [2.45, 2.75) is 59.7 Å². The Hall–Kier alpha value is -2.82. The van der Waals surface area contributed by atoms with Crippen molar-refractivity contribution >= 4 is 11.8 Å². The van der Waals surface area contributed by atoms with Gasteiger partial charge in [0.25, 0.3) is 5.91 Å². The molecule has 29 heavy (non-hydrogen) atoms. The average molecular weight is 397 g/mol. The van der Waals surface area contributed by atoms with Gasteiger partial charge in [-0.3, -0.25) is 9.59 Å². The lowest BCUT2D eigenvalue weighted by atomic mass is 10.1. The lowest BCUT2D eigenvalue weighted by Gasteiger charge is -2.29. The van der Waals surface area contributed by atoms with Crippen LogP contribution in [0.1, 0.15) is 43.9 Å². The maximum absolute atomic E-state index is 13.0. The van der Waals surface area contributed by atoms with Crippen molar-refractivity contribution in [3.63, 3.8) is 0 Å². The molecule has 0 saturated carbocycles. The summed E-state index contributed by atoms with van der Waals surface area (Å²) < 4.78 is 5.78. The van der Waals surface area contributed by atoms with Crippen LogP contribution in [0.2, 0.25) is 0 Å². The van der Waals surface area contributed by atoms with Gasteiger partial charge in [0, 0.05) is 12.6 Å². The zero-order chi connectivity index (χ0) is 21.4. The predicted octanol–water partition coefficient (Wildman–Crippen LogP) is 4.01. The normalized spacial score (nSPS) is 12.7. The van der Waals surface area contributed by atoms with Crippen LogP contribution in [0, 0.1) is 13.8 Å². The third-order valence-corrected chi connectivity index (χ3v) is 5.05. The SMILES string of the molecule is CC[C@@H](C)NC(=O)[C@@H](C)N(Cc1ccccc1)C(=O)COc1ccc(C)cc1C. The van der Waals surface area contributed by atoms with Gasteiger partial charge in [0.15, 0.2) is 6.61 Å². The molecule has 0 spiro atoms. The highest BCUT2D eigenvalue weighted by Crippen LogP contribution is 2.19. The first-order valence-electron chi connectivity index (χ1n) is 10.2. The Kier molecular flexibility index (Phi) is 8.25. The summed E-state index contributed by atoms with van der Waals surface area (Å²) in [6.07, 6.45) is 0.834. The lowest BCUT2D eigenvalue weighted by molar-refractivity contribution is -0.142. The number of rotatable bonds is 9. The van der Waals surface area contributed by atoms with E-state index in [2.05, 4.69) is 5.32 Å². The monoisotopic (exact) mass is 396 g/mol. The van der Waals surface area contributed by atoms with Crippen molar-refractivity contribution in [1.82, 2.24) is 10.2 Å². The Labute approximate surface area is 174 Å². The summed E-state index contributed by atoms with van der Waals surface area (Å²) in [5.41, 5.74) is 3.09. The molecule has 0 saturated heterocycles. The van der Waals surface area contributed by atoms with Gasteiger partial charge in [0.2, 0.25) is 5.91 Å². The summed E-state index contributed by atoms with van der Waals surface area (Å²) in [5, 5.41) is 2.97. The first-order valence-corrected chi connectivity index (χ1v) is 10.2. The van der Waals surface area contributed by atoms with E-state index in [9.17, 15) is 9.59 Å². The van der Waals surface area contributed by atoms with E-state index >= 15 is 0 Å². The zero-order valence-corrected chi connectivity index (χ0v) is 18.1. The van der Waals surface area contributed by atoms with Crippen molar-refractivity contribution in [3.8, 4) is 5.75 Å². The van der Waals surface area contributed by atoms with Crippen LogP contribution in [0.5, 0.6) is 5.75 Å². The minimum atomic E-state index is -0.598. The van der Waals surface area contributed by atoms with E-state index in [1.807, 2.05) is 76.2 Å². The molecule has 0 heterocycles. The van der Waals surface area contributed by atoms with E-state index in [0.717, 1.165) is 23.1 Å². The zero-order valence-electron chi connectivity index (χ0n) is 18.1. The van der Waals surface area contributed by atoms with Crippen LogP contribution >= 0.6 is 0 Å². The molecule has 1 N–H and O–H groups in total. The number of carbonyl (C=O) groups is 2. The first kappa shape index (κ1) is 22.5. The number of amides is 2. The van der Waals surface area contributed by atoms with Gasteiger partial charge < -0.3 is 15.0 Å². The predicted molar refractivity (Wildman–Crippen MR) is 116 cm³/mol. The van der Waals surface area contributed by atoms with Gasteiger partial charge in [-0.2, -0.15) is 0 Å². The molecule has 0 aliphatic heterocycles. The lowest BCUT2D eigenvalue weighted by Crippen LogP contribution is -2.50. The second-order valence-electron chi connectivity index (χ2n) is 7.56. The third kappa shape index (κ3) is 6.63. The molecule has 2 aromatic rings. The van der Waals surface area contributed by atoms with Gasteiger partial charge >= 0.3 is 0 Å². The molecule has 2 aromatic carbocycles. The number of ether oxygens (including phenoxy) is 1. The maximum Gasteiger partial charge on any atom is 0.261 e. The highest BCUT2D eigenvalue weighted by molar-refractivity contribution is 5.88. The molecule has 2 rings (SSSR count). The minimum Gasteiger partial charge on any atom is -0.483 e. The van der Waals surface area contributed by atoms with Crippen LogP contribution in [0.15, 0.2) is 48.5 Å². The van der Waals surface area contributed by atoms with E-state index in [4.69, 9.17) is 4.74 Å². The summed E-state index contributed by atoms with van der Waals surface area (Å²) in [6.45, 7) is 9.94. The number of hydrogen-bond donors (Lipinski definition) is 1. The maximum atomic E-state index is 13.0. The van der Waals surface area contributed by atoms with Crippen molar-refractivity contribution in [2.24, 2.45) is 0 Å². The smallest absolute Gasteiger partial charge is 0.261 e. The topological polar surface area (TPSA) is 58.6 Å². The largest absolute Gasteiger partial charge is 0.483 e.